The Morgan fingerprint density at radius 3 is 2.90 bits per heavy atom. The van der Waals surface area contributed by atoms with Crippen molar-refractivity contribution in [3.63, 3.8) is 0 Å². The Bertz CT molecular complexity index is 528. The van der Waals surface area contributed by atoms with Crippen molar-refractivity contribution in [3.8, 4) is 0 Å². The number of rotatable bonds is 6. The first-order chi connectivity index (χ1) is 9.62. The minimum atomic E-state index is -0.137. The molecule has 1 heterocycles. The van der Waals surface area contributed by atoms with E-state index in [1.165, 1.54) is 12.5 Å². The maximum Gasteiger partial charge on any atom is 0.244 e. The minimum absolute atomic E-state index is 0.0521. The topological polar surface area (TPSA) is 62.5 Å². The molecule has 2 saturated carbocycles. The van der Waals surface area contributed by atoms with Gasteiger partial charge in [0.25, 0.3) is 0 Å². The fraction of sp³-hybridized carbons (Fsp3) is 0.562. The van der Waals surface area contributed by atoms with Crippen LogP contribution in [0.3, 0.4) is 0 Å². The van der Waals surface area contributed by atoms with E-state index in [0.29, 0.717) is 12.5 Å². The molecular weight excluding hydrogens is 254 g/mol. The molecule has 2 N–H and O–H groups in total. The highest BCUT2D eigenvalue weighted by atomic mass is 16.3. The van der Waals surface area contributed by atoms with Gasteiger partial charge in [0.15, 0.2) is 0 Å². The predicted molar refractivity (Wildman–Crippen MR) is 76.0 cm³/mol. The van der Waals surface area contributed by atoms with Crippen molar-refractivity contribution in [1.29, 1.82) is 0 Å². The molecule has 2 aliphatic rings. The highest BCUT2D eigenvalue weighted by Crippen LogP contribution is 2.47. The number of carbonyl (C=O) groups excluding carboxylic acids is 1. The van der Waals surface area contributed by atoms with Crippen LogP contribution in [0.25, 0.3) is 6.08 Å². The van der Waals surface area contributed by atoms with Gasteiger partial charge in [-0.1, -0.05) is 6.92 Å². The van der Waals surface area contributed by atoms with Gasteiger partial charge in [0.2, 0.25) is 5.91 Å². The van der Waals surface area contributed by atoms with Crippen LogP contribution >= 0.6 is 0 Å². The van der Waals surface area contributed by atoms with E-state index in [1.54, 1.807) is 6.08 Å². The highest BCUT2D eigenvalue weighted by Gasteiger charge is 2.41. The molecule has 0 aromatic carbocycles. The zero-order chi connectivity index (χ0) is 14.2. The highest BCUT2D eigenvalue weighted by molar-refractivity contribution is 5.91. The summed E-state index contributed by atoms with van der Waals surface area (Å²) in [5, 5.41) is 12.0. The van der Waals surface area contributed by atoms with Crippen LogP contribution < -0.4 is 5.32 Å². The van der Waals surface area contributed by atoms with E-state index in [-0.39, 0.29) is 17.9 Å². The van der Waals surface area contributed by atoms with Gasteiger partial charge >= 0.3 is 0 Å². The number of hydrogen-bond acceptors (Lipinski definition) is 3. The van der Waals surface area contributed by atoms with E-state index in [0.717, 1.165) is 30.3 Å². The predicted octanol–water partition coefficient (Wildman–Crippen LogP) is 2.30. The van der Waals surface area contributed by atoms with Crippen molar-refractivity contribution in [2.24, 2.45) is 11.3 Å². The van der Waals surface area contributed by atoms with Crippen LogP contribution in [0, 0.1) is 11.3 Å². The molecule has 2 atom stereocenters. The zero-order valence-corrected chi connectivity index (χ0v) is 11.8. The van der Waals surface area contributed by atoms with E-state index in [1.807, 2.05) is 12.1 Å². The number of nitrogens with one attached hydrogen (secondary N) is 1. The first kappa shape index (κ1) is 13.4. The summed E-state index contributed by atoms with van der Waals surface area (Å²) in [7, 11) is 0. The Morgan fingerprint density at radius 2 is 2.30 bits per heavy atom. The molecule has 4 nitrogen and oxygen atoms in total. The van der Waals surface area contributed by atoms with Gasteiger partial charge in [-0.05, 0) is 43.4 Å². The normalized spacial score (nSPS) is 26.7. The second-order valence-corrected chi connectivity index (χ2v) is 6.27. The fourth-order valence-electron chi connectivity index (χ4n) is 2.43. The average Bonchev–Trinajstić information content (AvgIpc) is 3.34. The lowest BCUT2D eigenvalue weighted by atomic mass is 10.1. The van der Waals surface area contributed by atoms with Gasteiger partial charge in [0.05, 0.1) is 6.61 Å². The standard InChI is InChI=1S/C16H21NO3/c1-11-8-13(11)14-4-2-12(20-14)3-5-15(19)17-9-16(10-18)6-7-16/h2-5,11,13,18H,6-10H2,1H3,(H,17,19)/b5-3+. The third-order valence-electron chi connectivity index (χ3n) is 4.45. The number of hydrogen-bond donors (Lipinski definition) is 2. The molecule has 4 heteroatoms. The molecule has 2 unspecified atom stereocenters. The fourth-order valence-corrected chi connectivity index (χ4v) is 2.43. The van der Waals surface area contributed by atoms with Crippen LogP contribution in [0.5, 0.6) is 0 Å². The molecule has 0 saturated heterocycles. The number of carbonyl (C=O) groups is 1. The summed E-state index contributed by atoms with van der Waals surface area (Å²) >= 11 is 0. The van der Waals surface area contributed by atoms with Crippen molar-refractivity contribution < 1.29 is 14.3 Å². The van der Waals surface area contributed by atoms with Gasteiger partial charge in [0.1, 0.15) is 11.5 Å². The maximum absolute atomic E-state index is 11.7. The van der Waals surface area contributed by atoms with Gasteiger partial charge in [-0.3, -0.25) is 4.79 Å². The summed E-state index contributed by atoms with van der Waals surface area (Å²) in [6.07, 6.45) is 6.38. The maximum atomic E-state index is 11.7. The Balaban J connectivity index is 1.49. The van der Waals surface area contributed by atoms with E-state index < -0.39 is 0 Å². The average molecular weight is 275 g/mol. The van der Waals surface area contributed by atoms with Crippen LogP contribution in [0.1, 0.15) is 43.6 Å². The van der Waals surface area contributed by atoms with Crippen molar-refractivity contribution in [3.05, 3.63) is 29.7 Å². The number of amides is 1. The molecule has 20 heavy (non-hydrogen) atoms. The number of furan rings is 1. The molecule has 1 aromatic rings. The lowest BCUT2D eigenvalue weighted by Crippen LogP contribution is -2.30. The molecule has 0 aliphatic heterocycles. The molecule has 0 bridgehead atoms. The van der Waals surface area contributed by atoms with Gasteiger partial charge in [-0.15, -0.1) is 0 Å². The van der Waals surface area contributed by atoms with Crippen LogP contribution in [-0.4, -0.2) is 24.2 Å². The minimum Gasteiger partial charge on any atom is -0.461 e. The summed E-state index contributed by atoms with van der Waals surface area (Å²) in [6, 6.07) is 3.90. The van der Waals surface area contributed by atoms with Crippen molar-refractivity contribution in [2.45, 2.75) is 32.1 Å². The monoisotopic (exact) mass is 275 g/mol. The van der Waals surface area contributed by atoms with Crippen molar-refractivity contribution in [1.82, 2.24) is 5.32 Å². The van der Waals surface area contributed by atoms with E-state index in [4.69, 9.17) is 4.42 Å². The van der Waals surface area contributed by atoms with Gasteiger partial charge < -0.3 is 14.8 Å². The Labute approximate surface area is 118 Å². The van der Waals surface area contributed by atoms with E-state index >= 15 is 0 Å². The number of aliphatic hydroxyl groups is 1. The van der Waals surface area contributed by atoms with Crippen molar-refractivity contribution >= 4 is 12.0 Å². The third-order valence-corrected chi connectivity index (χ3v) is 4.45. The van der Waals surface area contributed by atoms with Crippen LogP contribution in [-0.2, 0) is 4.79 Å². The smallest absolute Gasteiger partial charge is 0.244 e. The second-order valence-electron chi connectivity index (χ2n) is 6.27. The lowest BCUT2D eigenvalue weighted by Gasteiger charge is -2.10. The SMILES string of the molecule is CC1CC1c1ccc(/C=C/C(=O)NCC2(CO)CC2)o1. The van der Waals surface area contributed by atoms with Crippen molar-refractivity contribution in [2.75, 3.05) is 13.2 Å². The molecule has 1 aromatic heterocycles. The molecule has 2 fully saturated rings. The Morgan fingerprint density at radius 1 is 1.55 bits per heavy atom. The van der Waals surface area contributed by atoms with Gasteiger partial charge in [-0.25, -0.2) is 0 Å². The second kappa shape index (κ2) is 5.09. The number of aliphatic hydroxyl groups excluding tert-OH is 1. The molecule has 3 rings (SSSR count). The molecular formula is C16H21NO3. The summed E-state index contributed by atoms with van der Waals surface area (Å²) in [5.74, 6) is 2.88. The summed E-state index contributed by atoms with van der Waals surface area (Å²) in [4.78, 5) is 11.7. The van der Waals surface area contributed by atoms with Gasteiger partial charge in [0, 0.05) is 24.0 Å². The molecule has 108 valence electrons. The molecule has 2 aliphatic carbocycles. The summed E-state index contributed by atoms with van der Waals surface area (Å²) in [5.41, 5.74) is -0.0521. The lowest BCUT2D eigenvalue weighted by molar-refractivity contribution is -0.116. The van der Waals surface area contributed by atoms with Crippen LogP contribution in [0.4, 0.5) is 0 Å². The molecule has 0 spiro atoms. The molecule has 1 amide bonds. The third kappa shape index (κ3) is 2.96. The quantitative estimate of drug-likeness (QED) is 0.783. The van der Waals surface area contributed by atoms with E-state index in [9.17, 15) is 9.90 Å². The zero-order valence-electron chi connectivity index (χ0n) is 11.8. The first-order valence-corrected chi connectivity index (χ1v) is 7.28. The van der Waals surface area contributed by atoms with E-state index in [2.05, 4.69) is 12.2 Å². The Kier molecular flexibility index (Phi) is 3.42. The van der Waals surface area contributed by atoms with Gasteiger partial charge in [-0.2, -0.15) is 0 Å². The summed E-state index contributed by atoms with van der Waals surface area (Å²) < 4.78 is 5.70. The van der Waals surface area contributed by atoms with Crippen LogP contribution in [0.2, 0.25) is 0 Å². The molecule has 0 radical (unpaired) electrons. The largest absolute Gasteiger partial charge is 0.461 e. The Hall–Kier alpha value is -1.55. The van der Waals surface area contributed by atoms with Crippen LogP contribution in [0.15, 0.2) is 22.6 Å². The first-order valence-electron chi connectivity index (χ1n) is 7.28. The summed E-state index contributed by atoms with van der Waals surface area (Å²) in [6.45, 7) is 2.92.